The Balaban J connectivity index is 1.60. The van der Waals surface area contributed by atoms with Crippen LogP contribution < -0.4 is 14.4 Å². The topological polar surface area (TPSA) is 38.5 Å². The molecule has 146 valence electrons. The van der Waals surface area contributed by atoms with Crippen molar-refractivity contribution in [3.05, 3.63) is 59.2 Å². The molecule has 0 radical (unpaired) electrons. The van der Waals surface area contributed by atoms with Gasteiger partial charge in [0.2, 0.25) is 5.72 Å². The van der Waals surface area contributed by atoms with Crippen LogP contribution in [0.4, 0.5) is 0 Å². The summed E-state index contributed by atoms with van der Waals surface area (Å²) in [7, 11) is 3.98. The summed E-state index contributed by atoms with van der Waals surface area (Å²) in [6.07, 6.45) is 2.84. The maximum atomic E-state index is 6.73. The molecule has 0 bridgehead atoms. The van der Waals surface area contributed by atoms with Crippen LogP contribution in [0.5, 0.6) is 11.5 Å². The Morgan fingerprint density at radius 1 is 1.14 bits per heavy atom. The van der Waals surface area contributed by atoms with E-state index in [2.05, 4.69) is 55.4 Å². The number of rotatable bonds is 2. The zero-order valence-corrected chi connectivity index (χ0v) is 16.9. The molecule has 3 heterocycles. The number of hydrazone groups is 1. The largest absolute Gasteiger partial charge is 0.493 e. The Bertz CT molecular complexity index is 914. The lowest BCUT2D eigenvalue weighted by atomic mass is 9.90. The summed E-state index contributed by atoms with van der Waals surface area (Å²) in [5.74, 6) is 1.73. The van der Waals surface area contributed by atoms with Crippen LogP contribution in [0.3, 0.4) is 0 Å². The minimum Gasteiger partial charge on any atom is -0.493 e. The Morgan fingerprint density at radius 2 is 1.89 bits per heavy atom. The summed E-state index contributed by atoms with van der Waals surface area (Å²) in [6, 6.07) is 15.1. The fraction of sp³-hybridized carbons (Fsp3) is 0.435. The fourth-order valence-corrected chi connectivity index (χ4v) is 4.75. The van der Waals surface area contributed by atoms with E-state index < -0.39 is 0 Å². The highest BCUT2D eigenvalue weighted by molar-refractivity contribution is 6.02. The van der Waals surface area contributed by atoms with Gasteiger partial charge in [-0.15, -0.1) is 0 Å². The first-order valence-corrected chi connectivity index (χ1v) is 10.2. The molecule has 3 aliphatic heterocycles. The SMILES string of the molecule is COc1cccc2c1OC1(CC[NH+](C)CC1)N1N=C(c3ccc(C)cc3)C[C@H]21. The lowest BCUT2D eigenvalue weighted by Crippen LogP contribution is -3.11. The monoisotopic (exact) mass is 378 g/mol. The summed E-state index contributed by atoms with van der Waals surface area (Å²) in [4.78, 5) is 1.55. The van der Waals surface area contributed by atoms with Crippen LogP contribution in [0.15, 0.2) is 47.6 Å². The number of fused-ring (bicyclic) bond motifs is 4. The Morgan fingerprint density at radius 3 is 2.61 bits per heavy atom. The van der Waals surface area contributed by atoms with E-state index in [1.165, 1.54) is 16.7 Å². The van der Waals surface area contributed by atoms with Gasteiger partial charge in [-0.25, -0.2) is 5.01 Å². The van der Waals surface area contributed by atoms with Crippen molar-refractivity contribution in [2.24, 2.45) is 5.10 Å². The van der Waals surface area contributed by atoms with Crippen molar-refractivity contribution in [3.8, 4) is 11.5 Å². The average Bonchev–Trinajstić information content (AvgIpc) is 3.17. The minimum absolute atomic E-state index is 0.202. The number of ether oxygens (including phenoxy) is 2. The van der Waals surface area contributed by atoms with Gasteiger partial charge in [-0.2, -0.15) is 5.10 Å². The summed E-state index contributed by atoms with van der Waals surface area (Å²) >= 11 is 0. The molecule has 0 aromatic heterocycles. The van der Waals surface area contributed by atoms with E-state index in [9.17, 15) is 0 Å². The van der Waals surface area contributed by atoms with E-state index in [0.29, 0.717) is 0 Å². The maximum Gasteiger partial charge on any atom is 0.209 e. The van der Waals surface area contributed by atoms with Crippen LogP contribution >= 0.6 is 0 Å². The summed E-state index contributed by atoms with van der Waals surface area (Å²) in [6.45, 7) is 4.29. The predicted octanol–water partition coefficient (Wildman–Crippen LogP) is 2.55. The van der Waals surface area contributed by atoms with Crippen molar-refractivity contribution >= 4 is 5.71 Å². The van der Waals surface area contributed by atoms with Gasteiger partial charge in [0.1, 0.15) is 0 Å². The van der Waals surface area contributed by atoms with E-state index in [-0.39, 0.29) is 11.8 Å². The normalized spacial score (nSPS) is 28.4. The fourth-order valence-electron chi connectivity index (χ4n) is 4.75. The standard InChI is InChI=1S/C23H27N3O2/c1-16-7-9-17(10-8-16)19-15-20-18-5-4-6-21(27-3)22(18)28-23(26(20)24-19)11-13-25(2)14-12-23/h4-10,20H,11-15H2,1-3H3/p+1/t20-/m1/s1. The molecule has 5 heteroatoms. The van der Waals surface area contributed by atoms with Crippen molar-refractivity contribution in [2.75, 3.05) is 27.2 Å². The molecule has 0 amide bonds. The Kier molecular flexibility index (Phi) is 4.09. The van der Waals surface area contributed by atoms with E-state index in [1.54, 1.807) is 12.0 Å². The van der Waals surface area contributed by atoms with Crippen molar-refractivity contribution in [2.45, 2.75) is 38.0 Å². The van der Waals surface area contributed by atoms with Gasteiger partial charge in [-0.1, -0.05) is 42.0 Å². The Labute approximate surface area is 166 Å². The third-order valence-electron chi connectivity index (χ3n) is 6.48. The zero-order chi connectivity index (χ0) is 19.3. The molecule has 28 heavy (non-hydrogen) atoms. The second kappa shape index (κ2) is 6.52. The number of likely N-dealkylation sites (tertiary alicyclic amines) is 1. The molecule has 0 aliphatic carbocycles. The molecule has 5 rings (SSSR count). The number of quaternary nitrogens is 1. The third-order valence-corrected chi connectivity index (χ3v) is 6.48. The number of aryl methyl sites for hydroxylation is 1. The number of hydrogen-bond acceptors (Lipinski definition) is 4. The molecular formula is C23H28N3O2+. The van der Waals surface area contributed by atoms with E-state index in [0.717, 1.165) is 49.6 Å². The highest BCUT2D eigenvalue weighted by atomic mass is 16.5. The molecule has 3 aliphatic rings. The molecule has 1 atom stereocenters. The van der Waals surface area contributed by atoms with Crippen LogP contribution in [0.25, 0.3) is 0 Å². The number of methoxy groups -OCH3 is 1. The van der Waals surface area contributed by atoms with E-state index in [4.69, 9.17) is 14.6 Å². The second-order valence-electron chi connectivity index (χ2n) is 8.36. The van der Waals surface area contributed by atoms with Crippen LogP contribution in [-0.2, 0) is 0 Å². The molecule has 2 aromatic rings. The molecule has 0 saturated carbocycles. The average molecular weight is 378 g/mol. The first-order chi connectivity index (χ1) is 13.6. The first-order valence-electron chi connectivity index (χ1n) is 10.2. The van der Waals surface area contributed by atoms with Gasteiger partial charge >= 0.3 is 0 Å². The number of para-hydroxylation sites is 1. The van der Waals surface area contributed by atoms with Crippen LogP contribution in [0, 0.1) is 6.92 Å². The molecule has 1 fully saturated rings. The third kappa shape index (κ3) is 2.68. The molecule has 1 spiro atoms. The van der Waals surface area contributed by atoms with Gasteiger partial charge in [0.15, 0.2) is 11.5 Å². The van der Waals surface area contributed by atoms with Gasteiger partial charge in [0, 0.05) is 12.0 Å². The summed E-state index contributed by atoms with van der Waals surface area (Å²) < 4.78 is 12.4. The van der Waals surface area contributed by atoms with Crippen molar-refractivity contribution < 1.29 is 14.4 Å². The first kappa shape index (κ1) is 17.6. The second-order valence-corrected chi connectivity index (χ2v) is 8.36. The summed E-state index contributed by atoms with van der Waals surface area (Å²) in [5, 5.41) is 7.42. The maximum absolute atomic E-state index is 6.73. The highest BCUT2D eigenvalue weighted by Gasteiger charge is 2.53. The number of benzene rings is 2. The molecular weight excluding hydrogens is 350 g/mol. The number of hydrogen-bond donors (Lipinski definition) is 1. The number of piperidine rings is 1. The van der Waals surface area contributed by atoms with Crippen LogP contribution in [0.1, 0.15) is 42.0 Å². The molecule has 0 unspecified atom stereocenters. The predicted molar refractivity (Wildman–Crippen MR) is 109 cm³/mol. The quantitative estimate of drug-likeness (QED) is 0.873. The minimum atomic E-state index is -0.377. The summed E-state index contributed by atoms with van der Waals surface area (Å²) in [5.41, 5.74) is 4.43. The molecule has 5 nitrogen and oxygen atoms in total. The molecule has 1 N–H and O–H groups in total. The van der Waals surface area contributed by atoms with Gasteiger partial charge in [-0.05, 0) is 18.6 Å². The van der Waals surface area contributed by atoms with E-state index in [1.807, 2.05) is 6.07 Å². The van der Waals surface area contributed by atoms with Crippen molar-refractivity contribution in [1.29, 1.82) is 0 Å². The van der Waals surface area contributed by atoms with Gasteiger partial charge < -0.3 is 14.4 Å². The lowest BCUT2D eigenvalue weighted by molar-refractivity contribution is -0.888. The lowest BCUT2D eigenvalue weighted by Gasteiger charge is -2.49. The smallest absolute Gasteiger partial charge is 0.209 e. The van der Waals surface area contributed by atoms with E-state index >= 15 is 0 Å². The van der Waals surface area contributed by atoms with Crippen LogP contribution in [0.2, 0.25) is 0 Å². The number of nitrogens with zero attached hydrogens (tertiary/aromatic N) is 2. The van der Waals surface area contributed by atoms with Gasteiger partial charge in [0.05, 0.1) is 51.8 Å². The van der Waals surface area contributed by atoms with Crippen LogP contribution in [-0.4, -0.2) is 43.7 Å². The zero-order valence-electron chi connectivity index (χ0n) is 16.9. The highest BCUT2D eigenvalue weighted by Crippen LogP contribution is 2.52. The van der Waals surface area contributed by atoms with Crippen molar-refractivity contribution in [3.63, 3.8) is 0 Å². The van der Waals surface area contributed by atoms with Gasteiger partial charge in [-0.3, -0.25) is 0 Å². The van der Waals surface area contributed by atoms with Crippen molar-refractivity contribution in [1.82, 2.24) is 5.01 Å². The molecule has 1 saturated heterocycles. The Hall–Kier alpha value is -2.53. The van der Waals surface area contributed by atoms with Gasteiger partial charge in [0.25, 0.3) is 0 Å². The molecule has 2 aromatic carbocycles. The number of nitrogens with one attached hydrogen (secondary N) is 1.